The Kier molecular flexibility index (Phi) is 5.86. The first-order chi connectivity index (χ1) is 12.4. The molecule has 1 aromatic rings. The normalized spacial score (nSPS) is 18.5. The molecule has 6 nitrogen and oxygen atoms in total. The molecular formula is C19H24N2O4S. The second-order valence-electron chi connectivity index (χ2n) is 6.87. The molecule has 0 spiro atoms. The largest absolute Gasteiger partial charge is 0.449 e. The molecule has 2 aliphatic rings. The van der Waals surface area contributed by atoms with Gasteiger partial charge in [0.1, 0.15) is 0 Å². The molecule has 2 fully saturated rings. The third kappa shape index (κ3) is 5.24. The molecule has 0 aromatic heterocycles. The number of rotatable bonds is 8. The van der Waals surface area contributed by atoms with Crippen molar-refractivity contribution < 1.29 is 19.1 Å². The summed E-state index contributed by atoms with van der Waals surface area (Å²) < 4.78 is 5.32. The Morgan fingerprint density at radius 2 is 1.58 bits per heavy atom. The van der Waals surface area contributed by atoms with E-state index in [9.17, 15) is 14.4 Å². The minimum atomic E-state index is -0.850. The molecular weight excluding hydrogens is 352 g/mol. The number of carbonyl (C=O) groups excluding carboxylic acids is 3. The van der Waals surface area contributed by atoms with E-state index in [4.69, 9.17) is 4.74 Å². The second kappa shape index (κ2) is 8.12. The van der Waals surface area contributed by atoms with E-state index in [1.54, 1.807) is 25.1 Å². The van der Waals surface area contributed by atoms with Crippen LogP contribution in [0.2, 0.25) is 0 Å². The first-order valence-corrected chi connectivity index (χ1v) is 9.89. The summed E-state index contributed by atoms with van der Waals surface area (Å²) in [6, 6.07) is 7.52. The Bertz CT molecular complexity index is 701. The van der Waals surface area contributed by atoms with Crippen LogP contribution in [-0.4, -0.2) is 41.2 Å². The van der Waals surface area contributed by atoms with Crippen molar-refractivity contribution in [2.24, 2.45) is 0 Å². The topological polar surface area (TPSA) is 84.5 Å². The van der Waals surface area contributed by atoms with Crippen LogP contribution >= 0.6 is 11.8 Å². The van der Waals surface area contributed by atoms with E-state index in [1.165, 1.54) is 11.8 Å². The fourth-order valence-corrected chi connectivity index (χ4v) is 3.34. The molecule has 1 aromatic carbocycles. The summed E-state index contributed by atoms with van der Waals surface area (Å²) in [5.74, 6) is -0.859. The Morgan fingerprint density at radius 3 is 2.19 bits per heavy atom. The maximum atomic E-state index is 12.5. The molecule has 140 valence electrons. The quantitative estimate of drug-likeness (QED) is 0.537. The van der Waals surface area contributed by atoms with Crippen LogP contribution in [0.4, 0.5) is 0 Å². The Morgan fingerprint density at radius 1 is 1.00 bits per heavy atom. The van der Waals surface area contributed by atoms with Crippen molar-refractivity contribution in [3.63, 3.8) is 0 Å². The van der Waals surface area contributed by atoms with Crippen LogP contribution in [0.1, 0.15) is 49.9 Å². The van der Waals surface area contributed by atoms with E-state index in [2.05, 4.69) is 10.6 Å². The number of hydrogen-bond donors (Lipinski definition) is 2. The van der Waals surface area contributed by atoms with Crippen molar-refractivity contribution in [3.8, 4) is 0 Å². The average Bonchev–Trinajstić information content (AvgIpc) is 3.51. The number of carbonyl (C=O) groups is 3. The van der Waals surface area contributed by atoms with E-state index < -0.39 is 12.1 Å². The molecule has 3 rings (SSSR count). The lowest BCUT2D eigenvalue weighted by atomic mass is 10.2. The van der Waals surface area contributed by atoms with Gasteiger partial charge in [-0.15, -0.1) is 11.8 Å². The van der Waals surface area contributed by atoms with Crippen molar-refractivity contribution in [2.75, 3.05) is 0 Å². The minimum absolute atomic E-state index is 0.0298. The molecule has 0 unspecified atom stereocenters. The van der Waals surface area contributed by atoms with Crippen molar-refractivity contribution in [2.45, 2.75) is 67.9 Å². The number of hydrogen-bond acceptors (Lipinski definition) is 5. The Balaban J connectivity index is 1.60. The number of thioether (sulfide) groups is 1. The molecule has 2 atom stereocenters. The summed E-state index contributed by atoms with van der Waals surface area (Å²) in [4.78, 5) is 37.3. The van der Waals surface area contributed by atoms with Crippen molar-refractivity contribution in [3.05, 3.63) is 29.8 Å². The van der Waals surface area contributed by atoms with Crippen LogP contribution in [0.5, 0.6) is 0 Å². The zero-order valence-electron chi connectivity index (χ0n) is 15.0. The molecule has 2 N–H and O–H groups in total. The summed E-state index contributed by atoms with van der Waals surface area (Å²) >= 11 is 1.32. The number of nitrogens with one attached hydrogen (secondary N) is 2. The highest BCUT2D eigenvalue weighted by molar-refractivity contribution is 8.00. The van der Waals surface area contributed by atoms with Gasteiger partial charge < -0.3 is 15.4 Å². The first kappa shape index (κ1) is 18.8. The molecule has 0 heterocycles. The number of benzene rings is 1. The first-order valence-electron chi connectivity index (χ1n) is 9.01. The molecule has 2 aliphatic carbocycles. The van der Waals surface area contributed by atoms with Gasteiger partial charge in [-0.2, -0.15) is 0 Å². The fraction of sp³-hybridized carbons (Fsp3) is 0.526. The van der Waals surface area contributed by atoms with Gasteiger partial charge in [0.15, 0.2) is 6.10 Å². The van der Waals surface area contributed by atoms with Crippen molar-refractivity contribution in [1.82, 2.24) is 10.6 Å². The van der Waals surface area contributed by atoms with Crippen LogP contribution in [0.15, 0.2) is 29.2 Å². The smallest absolute Gasteiger partial charge is 0.340 e. The van der Waals surface area contributed by atoms with Crippen molar-refractivity contribution >= 4 is 29.5 Å². The van der Waals surface area contributed by atoms with Crippen LogP contribution in [0.25, 0.3) is 0 Å². The molecule has 0 saturated heterocycles. The third-order valence-corrected chi connectivity index (χ3v) is 5.46. The van der Waals surface area contributed by atoms with Gasteiger partial charge in [0.25, 0.3) is 5.91 Å². The highest BCUT2D eigenvalue weighted by atomic mass is 32.2. The molecule has 0 radical (unpaired) electrons. The van der Waals surface area contributed by atoms with E-state index in [-0.39, 0.29) is 23.1 Å². The standard InChI is InChI=1S/C19H24N2O4S/c1-11(17(22)20-13-7-8-13)25-19(24)15-5-3-4-6-16(15)26-12(2)18(23)21-14-9-10-14/h3-6,11-14H,7-10H2,1-2H3,(H,20,22)(H,21,23)/t11-,12-/m1/s1. The van der Waals surface area contributed by atoms with E-state index in [1.807, 2.05) is 13.0 Å². The highest BCUT2D eigenvalue weighted by Crippen LogP contribution is 2.29. The van der Waals surface area contributed by atoms with Gasteiger partial charge in [-0.25, -0.2) is 4.79 Å². The third-order valence-electron chi connectivity index (χ3n) is 4.28. The Labute approximate surface area is 157 Å². The molecule has 0 aliphatic heterocycles. The lowest BCUT2D eigenvalue weighted by Gasteiger charge is -2.16. The maximum Gasteiger partial charge on any atom is 0.340 e. The maximum absolute atomic E-state index is 12.5. The molecule has 2 amide bonds. The van der Waals surface area contributed by atoms with Crippen LogP contribution in [-0.2, 0) is 14.3 Å². The van der Waals surface area contributed by atoms with Gasteiger partial charge in [0.05, 0.1) is 10.8 Å². The zero-order chi connectivity index (χ0) is 18.7. The van der Waals surface area contributed by atoms with Gasteiger partial charge >= 0.3 is 5.97 Å². The number of ether oxygens (including phenoxy) is 1. The summed E-state index contributed by atoms with van der Waals surface area (Å²) in [5, 5.41) is 5.47. The van der Waals surface area contributed by atoms with E-state index in [0.717, 1.165) is 25.7 Å². The summed E-state index contributed by atoms with van der Waals surface area (Å²) in [5.41, 5.74) is 0.370. The van der Waals surface area contributed by atoms with E-state index >= 15 is 0 Å². The predicted molar refractivity (Wildman–Crippen MR) is 99.0 cm³/mol. The molecule has 26 heavy (non-hydrogen) atoms. The lowest BCUT2D eigenvalue weighted by molar-refractivity contribution is -0.129. The van der Waals surface area contributed by atoms with Gasteiger partial charge in [0, 0.05) is 17.0 Å². The number of amides is 2. The highest BCUT2D eigenvalue weighted by Gasteiger charge is 2.29. The van der Waals surface area contributed by atoms with Crippen LogP contribution < -0.4 is 10.6 Å². The van der Waals surface area contributed by atoms with Gasteiger partial charge in [-0.05, 0) is 51.7 Å². The Hall–Kier alpha value is -2.02. The van der Waals surface area contributed by atoms with Crippen molar-refractivity contribution in [1.29, 1.82) is 0 Å². The SMILES string of the molecule is C[C@@H](OC(=O)c1ccccc1S[C@H](C)C(=O)NC1CC1)C(=O)NC1CC1. The summed E-state index contributed by atoms with van der Waals surface area (Å²) in [6.45, 7) is 3.38. The van der Waals surface area contributed by atoms with Crippen LogP contribution in [0, 0.1) is 0 Å². The predicted octanol–water partition coefficient (Wildman–Crippen LogP) is 2.27. The fourth-order valence-electron chi connectivity index (χ4n) is 2.35. The van der Waals surface area contributed by atoms with Gasteiger partial charge in [-0.1, -0.05) is 12.1 Å². The molecule has 7 heteroatoms. The lowest BCUT2D eigenvalue weighted by Crippen LogP contribution is -2.37. The number of esters is 1. The van der Waals surface area contributed by atoms with Gasteiger partial charge in [0.2, 0.25) is 5.91 Å². The van der Waals surface area contributed by atoms with Crippen LogP contribution in [0.3, 0.4) is 0 Å². The molecule has 0 bridgehead atoms. The summed E-state index contributed by atoms with van der Waals surface area (Å²) in [7, 11) is 0. The average molecular weight is 376 g/mol. The molecule has 2 saturated carbocycles. The minimum Gasteiger partial charge on any atom is -0.449 e. The second-order valence-corrected chi connectivity index (χ2v) is 8.25. The van der Waals surface area contributed by atoms with E-state index in [0.29, 0.717) is 16.5 Å². The monoisotopic (exact) mass is 376 g/mol. The zero-order valence-corrected chi connectivity index (χ0v) is 15.8. The summed E-state index contributed by atoms with van der Waals surface area (Å²) in [6.07, 6.45) is 3.18. The van der Waals surface area contributed by atoms with Gasteiger partial charge in [-0.3, -0.25) is 9.59 Å².